The molecule has 1 heterocycles. The molecule has 0 radical (unpaired) electrons. The molecule has 1 aliphatic heterocycles. The zero-order valence-electron chi connectivity index (χ0n) is 13.8. The van der Waals surface area contributed by atoms with Crippen LogP contribution in [0.2, 0.25) is 0 Å². The number of hydrogen-bond acceptors (Lipinski definition) is 3. The molecule has 1 saturated heterocycles. The number of benzene rings is 2. The molecule has 2 aromatic rings. The van der Waals surface area contributed by atoms with Crippen molar-refractivity contribution in [3.05, 3.63) is 71.8 Å². The third-order valence-electron chi connectivity index (χ3n) is 4.52. The lowest BCUT2D eigenvalue weighted by atomic mass is 10.0. The fourth-order valence-corrected chi connectivity index (χ4v) is 5.93. The number of rotatable bonds is 4. The Morgan fingerprint density at radius 3 is 2.39 bits per heavy atom. The second-order valence-electron chi connectivity index (χ2n) is 6.27. The van der Waals surface area contributed by atoms with Gasteiger partial charge in [-0.3, -0.25) is 0 Å². The minimum atomic E-state index is -2.92. The van der Waals surface area contributed by atoms with E-state index in [1.807, 2.05) is 55.0 Å². The molecular weight excluding hydrogens is 305 g/mol. The van der Waals surface area contributed by atoms with Crippen LogP contribution in [0.1, 0.15) is 30.1 Å². The average molecular weight is 329 g/mol. The van der Waals surface area contributed by atoms with Crippen molar-refractivity contribution in [1.29, 1.82) is 0 Å². The molecule has 23 heavy (non-hydrogen) atoms. The first-order valence-electron chi connectivity index (χ1n) is 8.18. The molecule has 3 atom stereocenters. The molecular formula is C19H24NO2P. The van der Waals surface area contributed by atoms with E-state index < -0.39 is 7.87 Å². The quantitative estimate of drug-likeness (QED) is 0.800. The van der Waals surface area contributed by atoms with Gasteiger partial charge >= 0.3 is 0 Å². The Kier molecular flexibility index (Phi) is 5.13. The van der Waals surface area contributed by atoms with Crippen LogP contribution in [-0.2, 0) is 10.9 Å². The maximum atomic E-state index is 13.8. The van der Waals surface area contributed by atoms with Crippen molar-refractivity contribution in [2.75, 3.05) is 13.6 Å². The Morgan fingerprint density at radius 1 is 1.13 bits per heavy atom. The minimum Gasteiger partial charge on any atom is -0.641 e. The van der Waals surface area contributed by atoms with Crippen molar-refractivity contribution in [2.24, 2.45) is 0 Å². The molecule has 0 aromatic heterocycles. The van der Waals surface area contributed by atoms with E-state index in [4.69, 9.17) is 4.52 Å². The fraction of sp³-hybridized carbons (Fsp3) is 0.368. The lowest BCUT2D eigenvalue weighted by Gasteiger charge is -2.46. The van der Waals surface area contributed by atoms with Crippen molar-refractivity contribution >= 4 is 7.87 Å². The summed E-state index contributed by atoms with van der Waals surface area (Å²) in [4.78, 5) is 13.8. The maximum Gasteiger partial charge on any atom is 0.181 e. The van der Waals surface area contributed by atoms with Gasteiger partial charge in [0, 0.05) is 20.0 Å². The maximum absolute atomic E-state index is 13.8. The molecule has 3 nitrogen and oxygen atoms in total. The van der Waals surface area contributed by atoms with Crippen LogP contribution in [0.4, 0.5) is 0 Å². The van der Waals surface area contributed by atoms with E-state index in [1.165, 1.54) is 5.56 Å². The Bertz CT molecular complexity index is 622. The van der Waals surface area contributed by atoms with Crippen molar-refractivity contribution in [2.45, 2.75) is 31.5 Å². The molecule has 1 unspecified atom stereocenters. The van der Waals surface area contributed by atoms with Gasteiger partial charge in [0.2, 0.25) is 0 Å². The van der Waals surface area contributed by atoms with E-state index in [9.17, 15) is 4.89 Å². The molecule has 0 amide bonds. The summed E-state index contributed by atoms with van der Waals surface area (Å²) in [6.07, 6.45) is 1.69. The monoisotopic (exact) mass is 329 g/mol. The molecule has 4 heteroatoms. The van der Waals surface area contributed by atoms with E-state index in [2.05, 4.69) is 24.3 Å². The van der Waals surface area contributed by atoms with Crippen LogP contribution in [0.3, 0.4) is 0 Å². The van der Waals surface area contributed by atoms with Crippen molar-refractivity contribution in [1.82, 2.24) is 4.67 Å². The van der Waals surface area contributed by atoms with E-state index in [0.717, 1.165) is 24.9 Å². The van der Waals surface area contributed by atoms with Gasteiger partial charge in [0.15, 0.2) is 7.87 Å². The van der Waals surface area contributed by atoms with Gasteiger partial charge in [-0.15, -0.1) is 0 Å². The highest BCUT2D eigenvalue weighted by Crippen LogP contribution is 2.68. The van der Waals surface area contributed by atoms with Crippen molar-refractivity contribution in [3.8, 4) is 0 Å². The van der Waals surface area contributed by atoms with E-state index >= 15 is 0 Å². The highest BCUT2D eigenvalue weighted by Gasteiger charge is 2.47. The minimum absolute atomic E-state index is 0.0408. The standard InChI is InChI=1S/C19H24NO2P/c1-16-13-14-20(2)23(21,22-16)19(18-11-7-4-8-12-18)15-17-9-5-3-6-10-17/h3-12,16,19H,13-15H2,1-2H3/t16-,19-,23?/m1/s1. The molecule has 0 bridgehead atoms. The summed E-state index contributed by atoms with van der Waals surface area (Å²) < 4.78 is 7.99. The molecule has 3 rings (SSSR count). The lowest BCUT2D eigenvalue weighted by molar-refractivity contribution is -0.217. The summed E-state index contributed by atoms with van der Waals surface area (Å²) in [5.74, 6) is 0. The highest BCUT2D eigenvalue weighted by molar-refractivity contribution is 7.62. The van der Waals surface area contributed by atoms with Gasteiger partial charge in [-0.05, 0) is 24.5 Å². The smallest absolute Gasteiger partial charge is 0.181 e. The molecule has 2 aromatic carbocycles. The predicted molar refractivity (Wildman–Crippen MR) is 94.0 cm³/mol. The highest BCUT2D eigenvalue weighted by atomic mass is 31.2. The van der Waals surface area contributed by atoms with Crippen LogP contribution in [0.5, 0.6) is 0 Å². The first-order valence-corrected chi connectivity index (χ1v) is 9.83. The zero-order valence-corrected chi connectivity index (χ0v) is 14.7. The van der Waals surface area contributed by atoms with Crippen molar-refractivity contribution < 1.29 is 9.42 Å². The zero-order chi connectivity index (χ0) is 16.3. The normalized spacial score (nSPS) is 26.8. The third-order valence-corrected chi connectivity index (χ3v) is 7.60. The molecule has 0 saturated carbocycles. The average Bonchev–Trinajstić information content (AvgIpc) is 2.58. The third kappa shape index (κ3) is 3.64. The van der Waals surface area contributed by atoms with Gasteiger partial charge < -0.3 is 4.89 Å². The van der Waals surface area contributed by atoms with Crippen LogP contribution < -0.4 is 4.89 Å². The Morgan fingerprint density at radius 2 is 1.74 bits per heavy atom. The van der Waals surface area contributed by atoms with Crippen LogP contribution >= 0.6 is 7.87 Å². The predicted octanol–water partition coefficient (Wildman–Crippen LogP) is 3.83. The van der Waals surface area contributed by atoms with Crippen LogP contribution in [-0.4, -0.2) is 24.4 Å². The number of nitrogens with zero attached hydrogens (tertiary/aromatic N) is 1. The summed E-state index contributed by atoms with van der Waals surface area (Å²) in [6.45, 7) is 2.83. The molecule has 1 aliphatic rings. The SMILES string of the molecule is C[C@@H]1CCN(C)[P+]([O-])([C@H](Cc2ccccc2)c2ccccc2)O1. The van der Waals surface area contributed by atoms with E-state index in [-0.39, 0.29) is 11.8 Å². The van der Waals surface area contributed by atoms with Gasteiger partial charge in [-0.25, -0.2) is 4.52 Å². The first-order chi connectivity index (χ1) is 11.1. The van der Waals surface area contributed by atoms with Crippen LogP contribution in [0.25, 0.3) is 0 Å². The summed E-state index contributed by atoms with van der Waals surface area (Å²) in [5.41, 5.74) is 2.13. The number of hydrogen-bond donors (Lipinski definition) is 0. The second-order valence-corrected chi connectivity index (χ2v) is 8.91. The van der Waals surface area contributed by atoms with Crippen LogP contribution in [0, 0.1) is 0 Å². The Balaban J connectivity index is 1.97. The molecule has 122 valence electrons. The largest absolute Gasteiger partial charge is 0.641 e. The second kappa shape index (κ2) is 7.11. The lowest BCUT2D eigenvalue weighted by Crippen LogP contribution is -2.41. The van der Waals surface area contributed by atoms with Gasteiger partial charge in [0.05, 0.1) is 0 Å². The van der Waals surface area contributed by atoms with Gasteiger partial charge in [0.25, 0.3) is 0 Å². The summed E-state index contributed by atoms with van der Waals surface area (Å²) in [5, 5.41) is 0. The molecule has 0 aliphatic carbocycles. The van der Waals surface area contributed by atoms with Gasteiger partial charge in [-0.2, -0.15) is 4.67 Å². The van der Waals surface area contributed by atoms with E-state index in [1.54, 1.807) is 0 Å². The Labute approximate surface area is 139 Å². The summed E-state index contributed by atoms with van der Waals surface area (Å²) >= 11 is 0. The topological polar surface area (TPSA) is 35.5 Å². The van der Waals surface area contributed by atoms with Crippen molar-refractivity contribution in [3.63, 3.8) is 0 Å². The first kappa shape index (κ1) is 16.6. The van der Waals surface area contributed by atoms with Gasteiger partial charge in [-0.1, -0.05) is 60.7 Å². The molecule has 1 fully saturated rings. The Hall–Kier alpha value is -1.25. The van der Waals surface area contributed by atoms with Gasteiger partial charge in [0.1, 0.15) is 11.8 Å². The van der Waals surface area contributed by atoms with E-state index in [0.29, 0.717) is 0 Å². The molecule has 0 N–H and O–H groups in total. The fourth-order valence-electron chi connectivity index (χ4n) is 3.14. The summed E-state index contributed by atoms with van der Waals surface area (Å²) in [6, 6.07) is 20.4. The molecule has 0 spiro atoms. The van der Waals surface area contributed by atoms with Crippen LogP contribution in [0.15, 0.2) is 60.7 Å². The summed E-state index contributed by atoms with van der Waals surface area (Å²) in [7, 11) is -1.00.